The summed E-state index contributed by atoms with van der Waals surface area (Å²) >= 11 is 0. The molecule has 2 atom stereocenters. The highest BCUT2D eigenvalue weighted by Crippen LogP contribution is 2.34. The monoisotopic (exact) mass is 496 g/mol. The van der Waals surface area contributed by atoms with E-state index in [0.717, 1.165) is 57.7 Å². The van der Waals surface area contributed by atoms with Crippen LogP contribution in [-0.2, 0) is 6.54 Å². The van der Waals surface area contributed by atoms with Crippen molar-refractivity contribution in [2.45, 2.75) is 58.2 Å². The van der Waals surface area contributed by atoms with Gasteiger partial charge in [0.05, 0.1) is 12.1 Å². The summed E-state index contributed by atoms with van der Waals surface area (Å²) in [6.45, 7) is 8.26. The largest absolute Gasteiger partial charge is 0.366 e. The van der Waals surface area contributed by atoms with Gasteiger partial charge in [0.15, 0.2) is 0 Å². The van der Waals surface area contributed by atoms with Crippen LogP contribution in [0.25, 0.3) is 0 Å². The van der Waals surface area contributed by atoms with E-state index in [-0.39, 0.29) is 18.0 Å². The fraction of sp³-hybridized carbons (Fsp3) is 0.375. The van der Waals surface area contributed by atoms with Crippen molar-refractivity contribution in [1.29, 1.82) is 0 Å². The van der Waals surface area contributed by atoms with Gasteiger partial charge in [0, 0.05) is 30.8 Å². The number of nitrogens with zero attached hydrogens (tertiary/aromatic N) is 3. The maximum atomic E-state index is 11.5. The van der Waals surface area contributed by atoms with Gasteiger partial charge >= 0.3 is 0 Å². The second kappa shape index (κ2) is 13.2. The van der Waals surface area contributed by atoms with Crippen LogP contribution in [0.15, 0.2) is 89.9 Å². The third-order valence-electron chi connectivity index (χ3n) is 7.14. The molecule has 3 aromatic rings. The minimum Gasteiger partial charge on any atom is -0.366 e. The molecular weight excluding hydrogens is 456 g/mol. The number of rotatable bonds is 13. The van der Waals surface area contributed by atoms with E-state index in [1.54, 1.807) is 0 Å². The van der Waals surface area contributed by atoms with Crippen LogP contribution in [0.1, 0.15) is 72.6 Å². The number of benzene rings is 3. The van der Waals surface area contributed by atoms with Gasteiger partial charge in [0.2, 0.25) is 5.91 Å². The standard InChI is InChI=1S/C32H40N4O/c1-3-5-21-35(23-25-17-19-27(20-18-25)31(33)37)24-29-30(26-13-9-7-10-14-26)34-32(36(29)22-6-4-2)28-15-11-8-12-16-28/h7-20,29-30H,3-6,21-24H2,1-2H3,(H2,33,37). The van der Waals surface area contributed by atoms with E-state index in [1.807, 2.05) is 24.3 Å². The Balaban J connectivity index is 1.66. The Kier molecular flexibility index (Phi) is 9.50. The molecular formula is C32H40N4O. The van der Waals surface area contributed by atoms with Gasteiger partial charge in [-0.1, -0.05) is 99.5 Å². The summed E-state index contributed by atoms with van der Waals surface area (Å²) in [7, 11) is 0. The smallest absolute Gasteiger partial charge is 0.248 e. The zero-order valence-electron chi connectivity index (χ0n) is 22.2. The van der Waals surface area contributed by atoms with E-state index in [0.29, 0.717) is 5.56 Å². The predicted octanol–water partition coefficient (Wildman–Crippen LogP) is 6.06. The van der Waals surface area contributed by atoms with Gasteiger partial charge in [-0.15, -0.1) is 0 Å². The third kappa shape index (κ3) is 6.86. The minimum absolute atomic E-state index is 0.0784. The lowest BCUT2D eigenvalue weighted by Gasteiger charge is -2.35. The number of aliphatic imine (C=N–C) groups is 1. The quantitative estimate of drug-likeness (QED) is 0.313. The van der Waals surface area contributed by atoms with E-state index in [2.05, 4.69) is 84.3 Å². The molecule has 37 heavy (non-hydrogen) atoms. The molecule has 5 heteroatoms. The van der Waals surface area contributed by atoms with Crippen molar-refractivity contribution in [3.8, 4) is 0 Å². The maximum absolute atomic E-state index is 11.5. The Morgan fingerprint density at radius 3 is 2.16 bits per heavy atom. The Morgan fingerprint density at radius 2 is 1.54 bits per heavy atom. The molecule has 1 aliphatic rings. The first-order valence-corrected chi connectivity index (χ1v) is 13.7. The van der Waals surface area contributed by atoms with E-state index >= 15 is 0 Å². The molecule has 1 amide bonds. The van der Waals surface area contributed by atoms with E-state index in [9.17, 15) is 4.79 Å². The van der Waals surface area contributed by atoms with Crippen molar-refractivity contribution in [1.82, 2.24) is 9.80 Å². The lowest BCUT2D eigenvalue weighted by atomic mass is 9.98. The molecule has 0 saturated heterocycles. The number of hydrogen-bond donors (Lipinski definition) is 1. The summed E-state index contributed by atoms with van der Waals surface area (Å²) in [5, 5.41) is 0. The SMILES string of the molecule is CCCCN(Cc1ccc(C(N)=O)cc1)CC1C(c2ccccc2)N=C(c2ccccc2)N1CCCC. The lowest BCUT2D eigenvalue weighted by molar-refractivity contribution is 0.1000. The molecule has 1 heterocycles. The number of carbonyl (C=O) groups excluding carboxylic acids is 1. The van der Waals surface area contributed by atoms with Crippen molar-refractivity contribution < 1.29 is 4.79 Å². The Morgan fingerprint density at radius 1 is 0.892 bits per heavy atom. The van der Waals surface area contributed by atoms with Gasteiger partial charge in [-0.25, -0.2) is 0 Å². The Bertz CT molecular complexity index is 1140. The zero-order valence-corrected chi connectivity index (χ0v) is 22.2. The van der Waals surface area contributed by atoms with Crippen LogP contribution in [0.3, 0.4) is 0 Å². The van der Waals surface area contributed by atoms with Crippen molar-refractivity contribution in [3.05, 3.63) is 107 Å². The molecule has 4 rings (SSSR count). The summed E-state index contributed by atoms with van der Waals surface area (Å²) in [6.07, 6.45) is 4.57. The van der Waals surface area contributed by atoms with Crippen LogP contribution in [0, 0.1) is 0 Å². The van der Waals surface area contributed by atoms with Gasteiger partial charge in [-0.2, -0.15) is 0 Å². The summed E-state index contributed by atoms with van der Waals surface area (Å²) < 4.78 is 0. The molecule has 0 radical (unpaired) electrons. The summed E-state index contributed by atoms with van der Waals surface area (Å²) in [5.41, 5.74) is 9.65. The third-order valence-corrected chi connectivity index (χ3v) is 7.14. The fourth-order valence-electron chi connectivity index (χ4n) is 5.11. The van der Waals surface area contributed by atoms with Crippen LogP contribution in [-0.4, -0.2) is 47.2 Å². The van der Waals surface area contributed by atoms with E-state index in [1.165, 1.54) is 16.7 Å². The lowest BCUT2D eigenvalue weighted by Crippen LogP contribution is -2.46. The number of nitrogens with two attached hydrogens (primary N) is 1. The van der Waals surface area contributed by atoms with Crippen LogP contribution < -0.4 is 5.73 Å². The molecule has 2 N–H and O–H groups in total. The molecule has 0 aromatic heterocycles. The zero-order chi connectivity index (χ0) is 26.0. The van der Waals surface area contributed by atoms with Gasteiger partial charge in [0.1, 0.15) is 5.84 Å². The number of hydrogen-bond acceptors (Lipinski definition) is 4. The number of carbonyl (C=O) groups is 1. The van der Waals surface area contributed by atoms with Crippen molar-refractivity contribution in [2.24, 2.45) is 10.7 Å². The number of primary amides is 1. The van der Waals surface area contributed by atoms with Crippen LogP contribution in [0.5, 0.6) is 0 Å². The van der Waals surface area contributed by atoms with Crippen molar-refractivity contribution in [2.75, 3.05) is 19.6 Å². The van der Waals surface area contributed by atoms with Gasteiger partial charge in [-0.05, 0) is 42.6 Å². The Labute approximate surface area is 222 Å². The number of unbranched alkanes of at least 4 members (excludes halogenated alkanes) is 2. The second-order valence-electron chi connectivity index (χ2n) is 9.94. The molecule has 2 unspecified atom stereocenters. The summed E-state index contributed by atoms with van der Waals surface area (Å²) in [5.74, 6) is 0.720. The topological polar surface area (TPSA) is 61.9 Å². The first-order valence-electron chi connectivity index (χ1n) is 13.7. The molecule has 0 saturated carbocycles. The average molecular weight is 497 g/mol. The molecule has 1 aliphatic heterocycles. The highest BCUT2D eigenvalue weighted by Gasteiger charge is 2.38. The Hall–Kier alpha value is -3.44. The van der Waals surface area contributed by atoms with Crippen LogP contribution in [0.2, 0.25) is 0 Å². The van der Waals surface area contributed by atoms with Crippen LogP contribution >= 0.6 is 0 Å². The molecule has 0 aliphatic carbocycles. The average Bonchev–Trinajstić information content (AvgIpc) is 3.29. The highest BCUT2D eigenvalue weighted by atomic mass is 16.1. The fourth-order valence-corrected chi connectivity index (χ4v) is 5.11. The highest BCUT2D eigenvalue weighted by molar-refractivity contribution is 6.00. The molecule has 0 bridgehead atoms. The van der Waals surface area contributed by atoms with Gasteiger partial charge in [-0.3, -0.25) is 14.7 Å². The molecule has 0 fully saturated rings. The van der Waals surface area contributed by atoms with E-state index < -0.39 is 0 Å². The number of amides is 1. The van der Waals surface area contributed by atoms with E-state index in [4.69, 9.17) is 10.7 Å². The van der Waals surface area contributed by atoms with Gasteiger partial charge < -0.3 is 10.6 Å². The predicted molar refractivity (Wildman–Crippen MR) is 153 cm³/mol. The molecule has 0 spiro atoms. The minimum atomic E-state index is -0.386. The molecule has 3 aromatic carbocycles. The maximum Gasteiger partial charge on any atom is 0.248 e. The van der Waals surface area contributed by atoms with Crippen LogP contribution in [0.4, 0.5) is 0 Å². The molecule has 194 valence electrons. The van der Waals surface area contributed by atoms with Crippen molar-refractivity contribution in [3.63, 3.8) is 0 Å². The summed E-state index contributed by atoms with van der Waals surface area (Å²) in [4.78, 5) is 22.0. The van der Waals surface area contributed by atoms with Crippen molar-refractivity contribution >= 4 is 11.7 Å². The molecule has 5 nitrogen and oxygen atoms in total. The normalized spacial score (nSPS) is 17.3. The first-order chi connectivity index (χ1) is 18.1. The first kappa shape index (κ1) is 26.6. The number of amidine groups is 1. The second-order valence-corrected chi connectivity index (χ2v) is 9.94. The van der Waals surface area contributed by atoms with Gasteiger partial charge in [0.25, 0.3) is 0 Å². The summed E-state index contributed by atoms with van der Waals surface area (Å²) in [6, 6.07) is 29.4.